The lowest BCUT2D eigenvalue weighted by Crippen LogP contribution is -2.62. The lowest BCUT2D eigenvalue weighted by Gasteiger charge is -2.38. The molecule has 1 aliphatic heterocycles. The van der Waals surface area contributed by atoms with E-state index in [0.717, 1.165) is 0 Å². The van der Waals surface area contributed by atoms with Crippen LogP contribution < -0.4 is 21.3 Å². The van der Waals surface area contributed by atoms with Crippen LogP contribution in [-0.4, -0.2) is 77.5 Å². The highest BCUT2D eigenvalue weighted by Crippen LogP contribution is 2.33. The van der Waals surface area contributed by atoms with E-state index >= 15 is 0 Å². The Hall–Kier alpha value is -4.02. The summed E-state index contributed by atoms with van der Waals surface area (Å²) in [6, 6.07) is 4.13. The van der Waals surface area contributed by atoms with E-state index in [-0.39, 0.29) is 37.1 Å². The summed E-state index contributed by atoms with van der Waals surface area (Å²) in [5, 5.41) is 10.9. The van der Waals surface area contributed by atoms with Gasteiger partial charge in [-0.1, -0.05) is 105 Å². The summed E-state index contributed by atoms with van der Waals surface area (Å²) in [6.45, 7) is 20.7. The van der Waals surface area contributed by atoms with E-state index in [9.17, 15) is 28.8 Å². The molecule has 0 bridgehead atoms. The Bertz CT molecular complexity index is 1300. The number of amides is 5. The molecule has 47 heavy (non-hydrogen) atoms. The lowest BCUT2D eigenvalue weighted by molar-refractivity contribution is -0.144. The normalized spacial score (nSPS) is 18.5. The fourth-order valence-electron chi connectivity index (χ4n) is 5.88. The lowest BCUT2D eigenvalue weighted by atomic mass is 9.82. The third-order valence-electron chi connectivity index (χ3n) is 8.54. The van der Waals surface area contributed by atoms with Gasteiger partial charge in [0.1, 0.15) is 12.1 Å². The van der Waals surface area contributed by atoms with Gasteiger partial charge in [0.15, 0.2) is 5.78 Å². The Morgan fingerprint density at radius 2 is 1.49 bits per heavy atom. The average molecular weight is 654 g/mol. The van der Waals surface area contributed by atoms with E-state index in [2.05, 4.69) is 27.8 Å². The molecule has 1 aliphatic rings. The van der Waals surface area contributed by atoms with Gasteiger partial charge in [0.05, 0.1) is 12.1 Å². The van der Waals surface area contributed by atoms with Crippen LogP contribution >= 0.6 is 0 Å². The van der Waals surface area contributed by atoms with E-state index in [0.29, 0.717) is 18.4 Å². The fourth-order valence-corrected chi connectivity index (χ4v) is 5.88. The summed E-state index contributed by atoms with van der Waals surface area (Å²) >= 11 is 0. The summed E-state index contributed by atoms with van der Waals surface area (Å²) in [5.41, 5.74) is -0.945. The molecule has 260 valence electrons. The van der Waals surface area contributed by atoms with Crippen LogP contribution in [0.25, 0.3) is 0 Å². The summed E-state index contributed by atoms with van der Waals surface area (Å²) in [6.07, 6.45) is 2.80. The molecule has 1 saturated heterocycles. The minimum Gasteiger partial charge on any atom is -0.346 e. The number of rotatable bonds is 14. The maximum absolute atomic E-state index is 14.3. The zero-order valence-electron chi connectivity index (χ0n) is 29.6. The van der Waals surface area contributed by atoms with E-state index < -0.39 is 64.5 Å². The van der Waals surface area contributed by atoms with Gasteiger partial charge in [0, 0.05) is 18.7 Å². The molecule has 0 aliphatic carbocycles. The predicted octanol–water partition coefficient (Wildman–Crippen LogP) is 4.03. The van der Waals surface area contributed by atoms with Gasteiger partial charge in [-0.2, -0.15) is 0 Å². The molecule has 1 aromatic carbocycles. The van der Waals surface area contributed by atoms with Gasteiger partial charge >= 0.3 is 6.03 Å². The van der Waals surface area contributed by atoms with Crippen molar-refractivity contribution in [2.75, 3.05) is 13.1 Å². The molecular weight excluding hydrogens is 598 g/mol. The second-order valence-corrected chi connectivity index (χ2v) is 14.8. The van der Waals surface area contributed by atoms with Crippen molar-refractivity contribution in [1.82, 2.24) is 26.2 Å². The Morgan fingerprint density at radius 3 is 2.00 bits per heavy atom. The number of nitrogens with one attached hydrogen (secondary N) is 4. The quantitative estimate of drug-likeness (QED) is 0.135. The van der Waals surface area contributed by atoms with Crippen LogP contribution in [0.15, 0.2) is 43.0 Å². The molecular formula is C36H55N5O6. The summed E-state index contributed by atoms with van der Waals surface area (Å²) in [5.74, 6) is -2.97. The number of urea groups is 1. The van der Waals surface area contributed by atoms with Gasteiger partial charge in [0.2, 0.25) is 17.6 Å². The summed E-state index contributed by atoms with van der Waals surface area (Å²) in [7, 11) is 0. The van der Waals surface area contributed by atoms with Gasteiger partial charge in [-0.05, 0) is 35.5 Å². The number of Topliss-reactive ketones (excluding diaryl/α,β-unsaturated/α-hetero) is 2. The number of nitrogens with zero attached hydrogens (tertiary/aromatic N) is 1. The van der Waals surface area contributed by atoms with Gasteiger partial charge < -0.3 is 26.2 Å². The Morgan fingerprint density at radius 1 is 0.915 bits per heavy atom. The molecule has 0 aromatic heterocycles. The third kappa shape index (κ3) is 10.5. The van der Waals surface area contributed by atoms with Crippen molar-refractivity contribution >= 4 is 35.3 Å². The molecule has 4 N–H and O–H groups in total. The van der Waals surface area contributed by atoms with E-state index in [4.69, 9.17) is 0 Å². The highest BCUT2D eigenvalue weighted by molar-refractivity contribution is 6.38. The van der Waals surface area contributed by atoms with Crippen molar-refractivity contribution in [3.05, 3.63) is 48.6 Å². The molecule has 0 spiro atoms. The van der Waals surface area contributed by atoms with Crippen molar-refractivity contribution in [2.45, 2.75) is 106 Å². The number of likely N-dealkylation sites (tertiary alicyclic amines) is 1. The van der Waals surface area contributed by atoms with Crippen LogP contribution in [0.3, 0.4) is 0 Å². The highest BCUT2D eigenvalue weighted by atomic mass is 16.2. The first-order valence-electron chi connectivity index (χ1n) is 16.5. The molecule has 1 aromatic rings. The molecule has 2 rings (SSSR count). The van der Waals surface area contributed by atoms with Crippen LogP contribution in [0.2, 0.25) is 0 Å². The monoisotopic (exact) mass is 653 g/mol. The van der Waals surface area contributed by atoms with Crippen molar-refractivity contribution in [3.63, 3.8) is 0 Å². The van der Waals surface area contributed by atoms with Gasteiger partial charge in [-0.15, -0.1) is 6.58 Å². The SMILES string of the molecule is C=CCNC(=O)C(=O)C(CCC)NC(=O)[C@@H]1C(C(C)C)CCN1C(=O)[C@@H](NC(=O)NC(C(=O)c1ccccc1)C(C)(C)C)C(C)(C)C. The fraction of sp³-hybridized carbons (Fsp3) is 0.611. The zero-order chi connectivity index (χ0) is 35.7. The van der Waals surface area contributed by atoms with Crippen LogP contribution in [0.1, 0.15) is 91.9 Å². The minimum atomic E-state index is -1.05. The van der Waals surface area contributed by atoms with Crippen molar-refractivity contribution < 1.29 is 28.8 Å². The first-order chi connectivity index (χ1) is 21.8. The molecule has 0 saturated carbocycles. The number of benzene rings is 1. The van der Waals surface area contributed by atoms with Gasteiger partial charge in [0.25, 0.3) is 5.91 Å². The second kappa shape index (κ2) is 16.7. The molecule has 1 fully saturated rings. The molecule has 5 amide bonds. The van der Waals surface area contributed by atoms with Crippen LogP contribution in [0.4, 0.5) is 4.79 Å². The highest BCUT2D eigenvalue weighted by Gasteiger charge is 2.48. The molecule has 0 radical (unpaired) electrons. The third-order valence-corrected chi connectivity index (χ3v) is 8.54. The maximum atomic E-state index is 14.3. The van der Waals surface area contributed by atoms with Crippen LogP contribution in [0, 0.1) is 22.7 Å². The van der Waals surface area contributed by atoms with Crippen molar-refractivity contribution in [1.29, 1.82) is 0 Å². The Kier molecular flexibility index (Phi) is 13.9. The zero-order valence-corrected chi connectivity index (χ0v) is 29.6. The van der Waals surface area contributed by atoms with Crippen molar-refractivity contribution in [3.8, 4) is 0 Å². The van der Waals surface area contributed by atoms with E-state index in [1.54, 1.807) is 30.3 Å². The summed E-state index contributed by atoms with van der Waals surface area (Å²) < 4.78 is 0. The van der Waals surface area contributed by atoms with Gasteiger partial charge in [-0.3, -0.25) is 24.0 Å². The Labute approximate surface area is 280 Å². The second-order valence-electron chi connectivity index (χ2n) is 14.8. The molecule has 11 heteroatoms. The standard InChI is InChI=1S/C36H55N5O6/c1-11-16-25(28(43)32(45)37-20-12-2)38-31(44)26-24(22(3)4)19-21-41(26)33(46)30(36(8,9)10)40-34(47)39-29(35(5,6)7)27(42)23-17-14-13-15-18-23/h12-15,17-18,22,24-26,29-30H,2,11,16,19-21H2,1,3-10H3,(H,37,45)(H,38,44)(H2,39,40,47)/t24?,25?,26-,29?,30+/m0/s1. The minimum absolute atomic E-state index is 0.0284. The number of carbonyl (C=O) groups excluding carboxylic acids is 6. The smallest absolute Gasteiger partial charge is 0.316 e. The largest absolute Gasteiger partial charge is 0.346 e. The molecule has 5 atom stereocenters. The Balaban J connectivity index is 2.36. The maximum Gasteiger partial charge on any atom is 0.316 e. The molecule has 1 heterocycles. The number of ketones is 2. The number of hydrogen-bond donors (Lipinski definition) is 4. The first kappa shape index (κ1) is 39.2. The van der Waals surface area contributed by atoms with Crippen LogP contribution in [-0.2, 0) is 19.2 Å². The number of hydrogen-bond acceptors (Lipinski definition) is 6. The summed E-state index contributed by atoms with van der Waals surface area (Å²) in [4.78, 5) is 82.1. The van der Waals surface area contributed by atoms with E-state index in [1.807, 2.05) is 62.3 Å². The van der Waals surface area contributed by atoms with Crippen molar-refractivity contribution in [2.24, 2.45) is 22.7 Å². The van der Waals surface area contributed by atoms with E-state index in [1.165, 1.54) is 11.0 Å². The molecule has 11 nitrogen and oxygen atoms in total. The average Bonchev–Trinajstić information content (AvgIpc) is 3.45. The topological polar surface area (TPSA) is 154 Å². The molecule has 3 unspecified atom stereocenters. The van der Waals surface area contributed by atoms with Gasteiger partial charge in [-0.25, -0.2) is 4.79 Å². The number of carbonyl (C=O) groups is 6. The van der Waals surface area contributed by atoms with Crippen LogP contribution in [0.5, 0.6) is 0 Å². The first-order valence-corrected chi connectivity index (χ1v) is 16.5. The predicted molar refractivity (Wildman–Crippen MR) is 182 cm³/mol.